The predicted molar refractivity (Wildman–Crippen MR) is 118 cm³/mol. The molecule has 0 saturated heterocycles. The molecule has 0 aliphatic rings. The largest absolute Gasteiger partial charge is 0.384 e. The summed E-state index contributed by atoms with van der Waals surface area (Å²) < 4.78 is 0.120. The molecular weight excluding hydrogens is 348 g/mol. The molecule has 0 aliphatic carbocycles. The molecule has 138 valence electrons. The van der Waals surface area contributed by atoms with Gasteiger partial charge in [-0.05, 0) is 34.4 Å². The molecule has 0 aromatic heterocycles. The summed E-state index contributed by atoms with van der Waals surface area (Å²) in [6, 6.07) is 28.4. The summed E-state index contributed by atoms with van der Waals surface area (Å²) >= 11 is 1.85. The molecule has 3 aromatic rings. The Kier molecular flexibility index (Phi) is 6.20. The topological polar surface area (TPSA) is 20.2 Å². The Bertz CT molecular complexity index is 892. The van der Waals surface area contributed by atoms with Crippen LogP contribution in [0.2, 0.25) is 0 Å². The number of hydrogen-bond donors (Lipinski definition) is 1. The van der Waals surface area contributed by atoms with Gasteiger partial charge in [0, 0.05) is 9.64 Å². The molecule has 0 amide bonds. The van der Waals surface area contributed by atoms with Gasteiger partial charge >= 0.3 is 0 Å². The molecule has 3 aromatic carbocycles. The van der Waals surface area contributed by atoms with Crippen LogP contribution in [0.5, 0.6) is 0 Å². The minimum Gasteiger partial charge on any atom is -0.384 e. The summed E-state index contributed by atoms with van der Waals surface area (Å²) in [5, 5.41) is 11.1. The lowest BCUT2D eigenvalue weighted by atomic mass is 9.93. The lowest BCUT2D eigenvalue weighted by Crippen LogP contribution is -2.07. The zero-order chi connectivity index (χ0) is 19.3. The molecule has 27 heavy (non-hydrogen) atoms. The number of aliphatic hydroxyl groups is 1. The van der Waals surface area contributed by atoms with Crippen LogP contribution in [-0.2, 0) is 0 Å². The highest BCUT2D eigenvalue weighted by Crippen LogP contribution is 2.37. The van der Waals surface area contributed by atoms with Gasteiger partial charge in [0.25, 0.3) is 0 Å². The van der Waals surface area contributed by atoms with Gasteiger partial charge in [-0.1, -0.05) is 99.6 Å². The maximum absolute atomic E-state index is 11.1. The first-order chi connectivity index (χ1) is 12.9. The first kappa shape index (κ1) is 19.5. The second kappa shape index (κ2) is 8.60. The van der Waals surface area contributed by atoms with Crippen molar-refractivity contribution in [3.05, 3.63) is 102 Å². The number of benzene rings is 3. The molecule has 0 aliphatic heterocycles. The van der Waals surface area contributed by atoms with Gasteiger partial charge in [0.2, 0.25) is 0 Å². The number of aliphatic hydroxyl groups excluding tert-OH is 1. The van der Waals surface area contributed by atoms with E-state index in [0.717, 1.165) is 22.3 Å². The summed E-state index contributed by atoms with van der Waals surface area (Å²) in [4.78, 5) is 1.22. The summed E-state index contributed by atoms with van der Waals surface area (Å²) in [7, 11) is 0. The molecule has 0 bridgehead atoms. The molecule has 0 saturated carbocycles. The third-order valence-electron chi connectivity index (χ3n) is 4.16. The van der Waals surface area contributed by atoms with Crippen LogP contribution in [0.15, 0.2) is 89.8 Å². The van der Waals surface area contributed by atoms with Crippen molar-refractivity contribution in [2.75, 3.05) is 0 Å². The Hall–Kier alpha value is -2.29. The Balaban J connectivity index is 2.09. The van der Waals surface area contributed by atoms with Crippen molar-refractivity contribution in [3.8, 4) is 0 Å². The van der Waals surface area contributed by atoms with Crippen LogP contribution in [0.3, 0.4) is 0 Å². The molecule has 0 radical (unpaired) electrons. The van der Waals surface area contributed by atoms with E-state index in [2.05, 4.69) is 63.2 Å². The first-order valence-electron chi connectivity index (χ1n) is 9.22. The van der Waals surface area contributed by atoms with E-state index in [1.54, 1.807) is 0 Å². The highest BCUT2D eigenvalue weighted by Gasteiger charge is 2.18. The lowest BCUT2D eigenvalue weighted by molar-refractivity contribution is 0.239. The van der Waals surface area contributed by atoms with Crippen molar-refractivity contribution in [1.29, 1.82) is 0 Å². The third kappa shape index (κ3) is 5.35. The Labute approximate surface area is 166 Å². The highest BCUT2D eigenvalue weighted by atomic mass is 32.2. The van der Waals surface area contributed by atoms with Crippen LogP contribution < -0.4 is 0 Å². The molecule has 1 unspecified atom stereocenters. The molecule has 0 heterocycles. The van der Waals surface area contributed by atoms with Crippen LogP contribution in [0.25, 0.3) is 11.6 Å². The standard InChI is InChI=1S/C25H26OS/c1-25(2,3)27-23-17-11-10-16-21(23)18-22(19-12-6-4-7-13-19)24(26)20-14-8-5-9-15-20/h4-18,24,26H,1-3H3/b22-18+. The Morgan fingerprint density at radius 2 is 1.37 bits per heavy atom. The number of thioether (sulfide) groups is 1. The van der Waals surface area contributed by atoms with Crippen LogP contribution in [0, 0.1) is 0 Å². The fourth-order valence-corrected chi connectivity index (χ4v) is 4.01. The average Bonchev–Trinajstić information content (AvgIpc) is 2.67. The maximum Gasteiger partial charge on any atom is 0.105 e. The van der Waals surface area contributed by atoms with E-state index in [-0.39, 0.29) is 4.75 Å². The van der Waals surface area contributed by atoms with E-state index in [1.165, 1.54) is 4.90 Å². The van der Waals surface area contributed by atoms with Crippen molar-refractivity contribution >= 4 is 23.4 Å². The SMILES string of the molecule is CC(C)(C)Sc1ccccc1/C=C(\c1ccccc1)C(O)c1ccccc1. The van der Waals surface area contributed by atoms with Gasteiger partial charge in [0.1, 0.15) is 6.10 Å². The molecule has 1 N–H and O–H groups in total. The van der Waals surface area contributed by atoms with Gasteiger partial charge in [0.05, 0.1) is 0 Å². The number of hydrogen-bond acceptors (Lipinski definition) is 2. The van der Waals surface area contributed by atoms with Gasteiger partial charge < -0.3 is 5.11 Å². The Morgan fingerprint density at radius 1 is 0.815 bits per heavy atom. The van der Waals surface area contributed by atoms with Crippen LogP contribution in [0.1, 0.15) is 43.6 Å². The Morgan fingerprint density at radius 3 is 2.00 bits per heavy atom. The van der Waals surface area contributed by atoms with Crippen molar-refractivity contribution in [3.63, 3.8) is 0 Å². The van der Waals surface area contributed by atoms with E-state index in [1.807, 2.05) is 60.3 Å². The second-order valence-electron chi connectivity index (χ2n) is 7.53. The highest BCUT2D eigenvalue weighted by molar-refractivity contribution is 8.00. The van der Waals surface area contributed by atoms with E-state index < -0.39 is 6.10 Å². The summed E-state index contributed by atoms with van der Waals surface area (Å²) in [6.45, 7) is 6.65. The fraction of sp³-hybridized carbons (Fsp3) is 0.200. The summed E-state index contributed by atoms with van der Waals surface area (Å²) in [6.07, 6.45) is 1.45. The van der Waals surface area contributed by atoms with Crippen LogP contribution >= 0.6 is 11.8 Å². The third-order valence-corrected chi connectivity index (χ3v) is 5.37. The van der Waals surface area contributed by atoms with E-state index in [9.17, 15) is 5.11 Å². The molecule has 1 nitrogen and oxygen atoms in total. The predicted octanol–water partition coefficient (Wildman–Crippen LogP) is 6.85. The molecule has 3 rings (SSSR count). The minimum atomic E-state index is -0.679. The van der Waals surface area contributed by atoms with Crippen LogP contribution in [0.4, 0.5) is 0 Å². The van der Waals surface area contributed by atoms with E-state index in [4.69, 9.17) is 0 Å². The molecular formula is C25H26OS. The zero-order valence-electron chi connectivity index (χ0n) is 16.1. The molecule has 0 fully saturated rings. The van der Waals surface area contributed by atoms with Crippen LogP contribution in [-0.4, -0.2) is 9.85 Å². The monoisotopic (exact) mass is 374 g/mol. The average molecular weight is 375 g/mol. The minimum absolute atomic E-state index is 0.120. The van der Waals surface area contributed by atoms with Gasteiger partial charge in [-0.2, -0.15) is 0 Å². The van der Waals surface area contributed by atoms with Crippen molar-refractivity contribution in [2.45, 2.75) is 36.5 Å². The maximum atomic E-state index is 11.1. The smallest absolute Gasteiger partial charge is 0.105 e. The summed E-state index contributed by atoms with van der Waals surface area (Å²) in [5.74, 6) is 0. The second-order valence-corrected chi connectivity index (χ2v) is 9.40. The van der Waals surface area contributed by atoms with Crippen molar-refractivity contribution < 1.29 is 5.11 Å². The molecule has 1 atom stereocenters. The van der Waals surface area contributed by atoms with Gasteiger partial charge in [-0.15, -0.1) is 11.8 Å². The lowest BCUT2D eigenvalue weighted by Gasteiger charge is -2.20. The summed E-state index contributed by atoms with van der Waals surface area (Å²) in [5.41, 5.74) is 3.97. The zero-order valence-corrected chi connectivity index (χ0v) is 16.9. The number of rotatable bonds is 5. The van der Waals surface area contributed by atoms with E-state index >= 15 is 0 Å². The van der Waals surface area contributed by atoms with Crippen molar-refractivity contribution in [1.82, 2.24) is 0 Å². The molecule has 2 heteroatoms. The van der Waals surface area contributed by atoms with Gasteiger partial charge in [-0.25, -0.2) is 0 Å². The quantitative estimate of drug-likeness (QED) is 0.389. The van der Waals surface area contributed by atoms with E-state index in [0.29, 0.717) is 0 Å². The fourth-order valence-electron chi connectivity index (χ4n) is 2.96. The molecule has 0 spiro atoms. The van der Waals surface area contributed by atoms with Gasteiger partial charge in [0.15, 0.2) is 0 Å². The van der Waals surface area contributed by atoms with Crippen molar-refractivity contribution in [2.24, 2.45) is 0 Å². The van der Waals surface area contributed by atoms with Gasteiger partial charge in [-0.3, -0.25) is 0 Å². The first-order valence-corrected chi connectivity index (χ1v) is 10.0. The normalized spacial score (nSPS) is 13.4.